The number of thioether (sulfide) groups is 1. The summed E-state index contributed by atoms with van der Waals surface area (Å²) in [4.78, 5) is 26.3. The van der Waals surface area contributed by atoms with Gasteiger partial charge in [0.2, 0.25) is 10.0 Å². The zero-order valence-corrected chi connectivity index (χ0v) is 19.7. The van der Waals surface area contributed by atoms with Crippen LogP contribution in [0.4, 0.5) is 0 Å². The largest absolute Gasteiger partial charge is 0.496 e. The maximum absolute atomic E-state index is 12.9. The van der Waals surface area contributed by atoms with Crippen molar-refractivity contribution in [1.82, 2.24) is 9.21 Å². The summed E-state index contributed by atoms with van der Waals surface area (Å²) in [6, 6.07) is 8.73. The lowest BCUT2D eigenvalue weighted by Crippen LogP contribution is -2.38. The molecule has 1 saturated heterocycles. The van der Waals surface area contributed by atoms with Gasteiger partial charge in [-0.1, -0.05) is 18.2 Å². The number of likely N-dealkylation sites (N-methyl/N-ethyl adjacent to an activating group) is 1. The van der Waals surface area contributed by atoms with Gasteiger partial charge in [-0.2, -0.15) is 16.1 Å². The molecule has 1 aromatic carbocycles. The van der Waals surface area contributed by atoms with Gasteiger partial charge < -0.3 is 14.4 Å². The fourth-order valence-electron chi connectivity index (χ4n) is 3.06. The van der Waals surface area contributed by atoms with Crippen molar-refractivity contribution < 1.29 is 27.5 Å². The third-order valence-corrected chi connectivity index (χ3v) is 8.66. The minimum absolute atomic E-state index is 0.0154. The Morgan fingerprint density at radius 3 is 2.58 bits per heavy atom. The van der Waals surface area contributed by atoms with Gasteiger partial charge in [0.15, 0.2) is 6.61 Å². The highest BCUT2D eigenvalue weighted by Gasteiger charge is 2.32. The van der Waals surface area contributed by atoms with E-state index in [9.17, 15) is 18.0 Å². The average molecular weight is 485 g/mol. The first-order valence-electron chi connectivity index (χ1n) is 9.53. The topological polar surface area (TPSA) is 93.2 Å². The standard InChI is InChI=1S/C20H24N2O6S3/c1-21(13-15-5-3-4-6-16(15)27-2)18(23)14-28-20(24)19-17(7-10-30-19)31(25,26)22-8-11-29-12-9-22/h3-7,10H,8-9,11-14H2,1-2H3. The number of benzene rings is 1. The minimum atomic E-state index is -3.78. The zero-order valence-electron chi connectivity index (χ0n) is 17.3. The first-order valence-corrected chi connectivity index (χ1v) is 13.0. The van der Waals surface area contributed by atoms with Gasteiger partial charge >= 0.3 is 5.97 Å². The molecule has 0 spiro atoms. The Labute approximate surface area is 190 Å². The number of carbonyl (C=O) groups excluding carboxylic acids is 2. The fraction of sp³-hybridized carbons (Fsp3) is 0.400. The molecule has 3 rings (SSSR count). The molecule has 0 N–H and O–H groups in total. The number of carbonyl (C=O) groups is 2. The molecule has 1 aliphatic rings. The number of nitrogens with zero attached hydrogens (tertiary/aromatic N) is 2. The van der Waals surface area contributed by atoms with E-state index in [-0.39, 0.29) is 16.3 Å². The van der Waals surface area contributed by atoms with Gasteiger partial charge in [-0.3, -0.25) is 4.79 Å². The van der Waals surface area contributed by atoms with Crippen LogP contribution in [0.25, 0.3) is 0 Å². The molecule has 1 aromatic heterocycles. The van der Waals surface area contributed by atoms with Crippen LogP contribution in [0.5, 0.6) is 5.75 Å². The lowest BCUT2D eigenvalue weighted by Gasteiger charge is -2.25. The highest BCUT2D eigenvalue weighted by molar-refractivity contribution is 7.99. The molecule has 168 valence electrons. The van der Waals surface area contributed by atoms with Crippen molar-refractivity contribution in [3.63, 3.8) is 0 Å². The van der Waals surface area contributed by atoms with Crippen molar-refractivity contribution in [2.45, 2.75) is 11.4 Å². The van der Waals surface area contributed by atoms with E-state index in [2.05, 4.69) is 0 Å². The van der Waals surface area contributed by atoms with Gasteiger partial charge in [0, 0.05) is 43.8 Å². The van der Waals surface area contributed by atoms with Gasteiger partial charge in [0.1, 0.15) is 15.5 Å². The van der Waals surface area contributed by atoms with Crippen molar-refractivity contribution in [3.8, 4) is 5.75 Å². The summed E-state index contributed by atoms with van der Waals surface area (Å²) in [6.45, 7) is 0.612. The molecule has 0 bridgehead atoms. The summed E-state index contributed by atoms with van der Waals surface area (Å²) in [5.41, 5.74) is 0.818. The van der Waals surface area contributed by atoms with Crippen molar-refractivity contribution in [1.29, 1.82) is 0 Å². The van der Waals surface area contributed by atoms with Gasteiger partial charge in [-0.05, 0) is 17.5 Å². The van der Waals surface area contributed by atoms with Gasteiger partial charge in [-0.15, -0.1) is 11.3 Å². The van der Waals surface area contributed by atoms with Crippen molar-refractivity contribution in [3.05, 3.63) is 46.2 Å². The second kappa shape index (κ2) is 10.5. The summed E-state index contributed by atoms with van der Waals surface area (Å²) >= 11 is 2.68. The molecule has 1 fully saturated rings. The van der Waals surface area contributed by atoms with Crippen LogP contribution in [0.2, 0.25) is 0 Å². The Kier molecular flexibility index (Phi) is 7.98. The van der Waals surface area contributed by atoms with Gasteiger partial charge in [0.05, 0.1) is 7.11 Å². The Morgan fingerprint density at radius 1 is 1.16 bits per heavy atom. The van der Waals surface area contributed by atoms with Crippen LogP contribution in [-0.4, -0.2) is 74.9 Å². The summed E-state index contributed by atoms with van der Waals surface area (Å²) in [5.74, 6) is 0.864. The maximum Gasteiger partial charge on any atom is 0.350 e. The smallest absolute Gasteiger partial charge is 0.350 e. The molecule has 0 radical (unpaired) electrons. The number of ether oxygens (including phenoxy) is 2. The number of para-hydroxylation sites is 1. The predicted octanol–water partition coefficient (Wildman–Crippen LogP) is 2.31. The molecular formula is C20H24N2O6S3. The summed E-state index contributed by atoms with van der Waals surface area (Å²) in [7, 11) is -0.629. The van der Waals surface area contributed by atoms with Crippen LogP contribution in [0.1, 0.15) is 15.2 Å². The fourth-order valence-corrected chi connectivity index (χ4v) is 6.92. The number of rotatable bonds is 8. The van der Waals surface area contributed by atoms with Crippen LogP contribution in [0.15, 0.2) is 40.6 Å². The molecule has 31 heavy (non-hydrogen) atoms. The number of thiophene rings is 1. The van der Waals surface area contributed by atoms with E-state index in [1.54, 1.807) is 32.0 Å². The molecule has 0 saturated carbocycles. The van der Waals surface area contributed by atoms with E-state index < -0.39 is 28.5 Å². The molecule has 2 heterocycles. The molecule has 0 aliphatic carbocycles. The second-order valence-electron chi connectivity index (χ2n) is 6.77. The zero-order chi connectivity index (χ0) is 22.4. The molecule has 0 unspecified atom stereocenters. The third-order valence-electron chi connectivity index (χ3n) is 4.75. The molecular weight excluding hydrogens is 460 g/mol. The summed E-state index contributed by atoms with van der Waals surface area (Å²) < 4.78 is 37.6. The van der Waals surface area contributed by atoms with E-state index >= 15 is 0 Å². The SMILES string of the molecule is COc1ccccc1CN(C)C(=O)COC(=O)c1sccc1S(=O)(=O)N1CCSCC1. The first-order chi connectivity index (χ1) is 14.8. The Balaban J connectivity index is 1.62. The number of esters is 1. The lowest BCUT2D eigenvalue weighted by molar-refractivity contribution is -0.133. The second-order valence-corrected chi connectivity index (χ2v) is 10.8. The van der Waals surface area contributed by atoms with Crippen molar-refractivity contribution in [2.75, 3.05) is 45.4 Å². The van der Waals surface area contributed by atoms with Gasteiger partial charge in [0.25, 0.3) is 5.91 Å². The van der Waals surface area contributed by atoms with E-state index in [0.717, 1.165) is 28.4 Å². The number of methoxy groups -OCH3 is 1. The van der Waals surface area contributed by atoms with Crippen molar-refractivity contribution in [2.24, 2.45) is 0 Å². The highest BCUT2D eigenvalue weighted by atomic mass is 32.2. The number of amides is 1. The average Bonchev–Trinajstić information content (AvgIpc) is 3.29. The van der Waals surface area contributed by atoms with Crippen LogP contribution in [0, 0.1) is 0 Å². The maximum atomic E-state index is 12.9. The van der Waals surface area contributed by atoms with Crippen molar-refractivity contribution >= 4 is 45.0 Å². The minimum Gasteiger partial charge on any atom is -0.496 e. The van der Waals surface area contributed by atoms with E-state index in [1.807, 2.05) is 18.2 Å². The predicted molar refractivity (Wildman–Crippen MR) is 120 cm³/mol. The molecule has 8 nitrogen and oxygen atoms in total. The Morgan fingerprint density at radius 2 is 1.87 bits per heavy atom. The Bertz CT molecular complexity index is 1030. The van der Waals surface area contributed by atoms with Crippen LogP contribution in [-0.2, 0) is 26.1 Å². The molecule has 1 aliphatic heterocycles. The van der Waals surface area contributed by atoms with Crippen LogP contribution in [0.3, 0.4) is 0 Å². The van der Waals surface area contributed by atoms with E-state index in [1.165, 1.54) is 20.7 Å². The quantitative estimate of drug-likeness (QED) is 0.531. The molecule has 2 aromatic rings. The first kappa shape index (κ1) is 23.6. The molecule has 1 amide bonds. The third kappa shape index (κ3) is 5.59. The molecule has 0 atom stereocenters. The van der Waals surface area contributed by atoms with Crippen LogP contribution < -0.4 is 4.74 Å². The van der Waals surface area contributed by atoms with Gasteiger partial charge in [-0.25, -0.2) is 13.2 Å². The molecule has 11 heteroatoms. The monoisotopic (exact) mass is 484 g/mol. The number of sulfonamides is 1. The number of hydrogen-bond donors (Lipinski definition) is 0. The van der Waals surface area contributed by atoms with Crippen LogP contribution >= 0.6 is 23.1 Å². The van der Waals surface area contributed by atoms with E-state index in [0.29, 0.717) is 18.8 Å². The normalized spacial score (nSPS) is 14.8. The van der Waals surface area contributed by atoms with E-state index in [4.69, 9.17) is 9.47 Å². The summed E-state index contributed by atoms with van der Waals surface area (Å²) in [5, 5.41) is 1.54. The Hall–Kier alpha value is -2.08. The summed E-state index contributed by atoms with van der Waals surface area (Å²) in [6.07, 6.45) is 0. The number of hydrogen-bond acceptors (Lipinski definition) is 8. The highest BCUT2D eigenvalue weighted by Crippen LogP contribution is 2.27. The lowest BCUT2D eigenvalue weighted by atomic mass is 10.2.